The molecule has 0 bridgehead atoms. The standard InChI is InChI=1S/C12H14N2O4/c1-3-4-5-13-10-6-9(12(15)16)7-11(8(10)2)14(17)18/h3,6-7,13H,1,4-5H2,2H3,(H,15,16). The summed E-state index contributed by atoms with van der Waals surface area (Å²) >= 11 is 0. The number of nitro groups is 1. The van der Waals surface area contributed by atoms with E-state index in [9.17, 15) is 14.9 Å². The molecule has 1 aromatic carbocycles. The molecule has 0 aliphatic heterocycles. The molecule has 0 aromatic heterocycles. The van der Waals surface area contributed by atoms with E-state index in [4.69, 9.17) is 5.11 Å². The van der Waals surface area contributed by atoms with Crippen molar-refractivity contribution in [3.05, 3.63) is 46.0 Å². The van der Waals surface area contributed by atoms with Crippen molar-refractivity contribution in [1.29, 1.82) is 0 Å². The fraction of sp³-hybridized carbons (Fsp3) is 0.250. The largest absolute Gasteiger partial charge is 0.478 e. The molecule has 0 spiro atoms. The molecule has 18 heavy (non-hydrogen) atoms. The van der Waals surface area contributed by atoms with Crippen LogP contribution in [0.15, 0.2) is 24.8 Å². The molecule has 0 unspecified atom stereocenters. The lowest BCUT2D eigenvalue weighted by Crippen LogP contribution is -2.07. The van der Waals surface area contributed by atoms with Crippen LogP contribution < -0.4 is 5.32 Å². The molecule has 6 heteroatoms. The number of carboxylic acids is 1. The van der Waals surface area contributed by atoms with Crippen molar-refractivity contribution in [3.63, 3.8) is 0 Å². The van der Waals surface area contributed by atoms with Gasteiger partial charge in [-0.3, -0.25) is 10.1 Å². The second kappa shape index (κ2) is 5.81. The number of nitro benzene ring substituents is 1. The fourth-order valence-electron chi connectivity index (χ4n) is 1.50. The molecule has 0 aliphatic carbocycles. The van der Waals surface area contributed by atoms with Gasteiger partial charge in [-0.2, -0.15) is 0 Å². The molecule has 0 atom stereocenters. The number of hydrogen-bond acceptors (Lipinski definition) is 4. The second-order valence-electron chi connectivity index (χ2n) is 3.73. The molecule has 0 aliphatic rings. The van der Waals surface area contributed by atoms with Gasteiger partial charge in [-0.25, -0.2) is 4.79 Å². The minimum absolute atomic E-state index is 0.103. The number of rotatable bonds is 6. The van der Waals surface area contributed by atoms with Crippen LogP contribution in [0.3, 0.4) is 0 Å². The smallest absolute Gasteiger partial charge is 0.336 e. The lowest BCUT2D eigenvalue weighted by Gasteiger charge is -2.10. The summed E-state index contributed by atoms with van der Waals surface area (Å²) in [6, 6.07) is 2.46. The molecule has 96 valence electrons. The Kier molecular flexibility index (Phi) is 4.42. The van der Waals surface area contributed by atoms with Crippen LogP contribution in [0.25, 0.3) is 0 Å². The van der Waals surface area contributed by atoms with E-state index in [0.717, 1.165) is 6.07 Å². The zero-order valence-electron chi connectivity index (χ0n) is 9.97. The number of benzene rings is 1. The van der Waals surface area contributed by atoms with Gasteiger partial charge >= 0.3 is 5.97 Å². The van der Waals surface area contributed by atoms with Crippen LogP contribution in [0.4, 0.5) is 11.4 Å². The SMILES string of the molecule is C=CCCNc1cc(C(=O)O)cc([N+](=O)[O-])c1C. The summed E-state index contributed by atoms with van der Waals surface area (Å²) in [5.41, 5.74) is 0.585. The normalized spacial score (nSPS) is 9.83. The summed E-state index contributed by atoms with van der Waals surface area (Å²) in [5, 5.41) is 22.7. The van der Waals surface area contributed by atoms with Crippen molar-refractivity contribution >= 4 is 17.3 Å². The van der Waals surface area contributed by atoms with Crippen molar-refractivity contribution in [2.24, 2.45) is 0 Å². The molecular formula is C12H14N2O4. The highest BCUT2D eigenvalue weighted by molar-refractivity contribution is 5.90. The third kappa shape index (κ3) is 3.07. The Bertz CT molecular complexity index is 497. The topological polar surface area (TPSA) is 92.5 Å². The van der Waals surface area contributed by atoms with Crippen LogP contribution in [0.5, 0.6) is 0 Å². The number of anilines is 1. The summed E-state index contributed by atoms with van der Waals surface area (Å²) < 4.78 is 0. The maximum atomic E-state index is 10.9. The maximum absolute atomic E-state index is 10.9. The van der Waals surface area contributed by atoms with E-state index >= 15 is 0 Å². The quantitative estimate of drug-likeness (QED) is 0.350. The van der Waals surface area contributed by atoms with Crippen LogP contribution in [0, 0.1) is 17.0 Å². The number of carboxylic acid groups (broad SMARTS) is 1. The predicted octanol–water partition coefficient (Wildman–Crippen LogP) is 2.59. The van der Waals surface area contributed by atoms with E-state index in [1.165, 1.54) is 6.07 Å². The Morgan fingerprint density at radius 3 is 2.78 bits per heavy atom. The molecule has 0 radical (unpaired) electrons. The van der Waals surface area contributed by atoms with E-state index in [0.29, 0.717) is 24.2 Å². The second-order valence-corrected chi connectivity index (χ2v) is 3.73. The van der Waals surface area contributed by atoms with E-state index in [2.05, 4.69) is 11.9 Å². The summed E-state index contributed by atoms with van der Waals surface area (Å²) in [4.78, 5) is 21.2. The van der Waals surface area contributed by atoms with Crippen molar-refractivity contribution in [2.75, 3.05) is 11.9 Å². The van der Waals surface area contributed by atoms with Gasteiger partial charge in [-0.15, -0.1) is 6.58 Å². The van der Waals surface area contributed by atoms with Crippen LogP contribution in [-0.4, -0.2) is 22.5 Å². The zero-order chi connectivity index (χ0) is 13.7. The number of hydrogen-bond donors (Lipinski definition) is 2. The molecule has 2 N–H and O–H groups in total. The van der Waals surface area contributed by atoms with Gasteiger partial charge in [0.2, 0.25) is 0 Å². The molecule has 0 amide bonds. The van der Waals surface area contributed by atoms with Gasteiger partial charge in [0.1, 0.15) is 0 Å². The number of nitrogens with one attached hydrogen (secondary N) is 1. The molecular weight excluding hydrogens is 236 g/mol. The van der Waals surface area contributed by atoms with Crippen molar-refractivity contribution in [1.82, 2.24) is 0 Å². The Hall–Kier alpha value is -2.37. The van der Waals surface area contributed by atoms with Gasteiger partial charge in [0.05, 0.1) is 10.5 Å². The van der Waals surface area contributed by atoms with E-state index in [-0.39, 0.29) is 11.3 Å². The van der Waals surface area contributed by atoms with Gasteiger partial charge in [-0.05, 0) is 19.4 Å². The van der Waals surface area contributed by atoms with Gasteiger partial charge in [0.15, 0.2) is 0 Å². The van der Waals surface area contributed by atoms with Gasteiger partial charge in [-0.1, -0.05) is 6.08 Å². The first-order valence-electron chi connectivity index (χ1n) is 5.34. The molecule has 0 saturated heterocycles. The third-order valence-electron chi connectivity index (χ3n) is 2.49. The zero-order valence-corrected chi connectivity index (χ0v) is 9.97. The first kappa shape index (κ1) is 13.7. The van der Waals surface area contributed by atoms with Crippen molar-refractivity contribution in [3.8, 4) is 0 Å². The molecule has 0 saturated carbocycles. The Morgan fingerprint density at radius 2 is 2.28 bits per heavy atom. The lowest BCUT2D eigenvalue weighted by atomic mass is 10.1. The minimum atomic E-state index is -1.19. The third-order valence-corrected chi connectivity index (χ3v) is 2.49. The number of aromatic carboxylic acids is 1. The molecule has 0 heterocycles. The van der Waals surface area contributed by atoms with Gasteiger partial charge < -0.3 is 10.4 Å². The van der Waals surface area contributed by atoms with E-state index < -0.39 is 10.9 Å². The van der Waals surface area contributed by atoms with Gasteiger partial charge in [0, 0.05) is 23.9 Å². The summed E-state index contributed by atoms with van der Waals surface area (Å²) in [7, 11) is 0. The first-order valence-corrected chi connectivity index (χ1v) is 5.34. The Morgan fingerprint density at radius 1 is 1.61 bits per heavy atom. The Balaban J connectivity index is 3.18. The predicted molar refractivity (Wildman–Crippen MR) is 68.1 cm³/mol. The fourth-order valence-corrected chi connectivity index (χ4v) is 1.50. The van der Waals surface area contributed by atoms with Crippen LogP contribution in [0.1, 0.15) is 22.3 Å². The number of carbonyl (C=O) groups is 1. The van der Waals surface area contributed by atoms with Crippen molar-refractivity contribution in [2.45, 2.75) is 13.3 Å². The summed E-state index contributed by atoms with van der Waals surface area (Å²) in [6.07, 6.45) is 2.39. The van der Waals surface area contributed by atoms with Crippen LogP contribution in [-0.2, 0) is 0 Å². The average Bonchev–Trinajstić information content (AvgIpc) is 2.30. The summed E-state index contributed by atoms with van der Waals surface area (Å²) in [5.74, 6) is -1.19. The Labute approximate surface area is 104 Å². The number of nitrogens with zero attached hydrogens (tertiary/aromatic N) is 1. The minimum Gasteiger partial charge on any atom is -0.478 e. The highest BCUT2D eigenvalue weighted by Crippen LogP contribution is 2.27. The maximum Gasteiger partial charge on any atom is 0.336 e. The van der Waals surface area contributed by atoms with Crippen molar-refractivity contribution < 1.29 is 14.8 Å². The highest BCUT2D eigenvalue weighted by atomic mass is 16.6. The van der Waals surface area contributed by atoms with E-state index in [1.807, 2.05) is 0 Å². The van der Waals surface area contributed by atoms with Gasteiger partial charge in [0.25, 0.3) is 5.69 Å². The molecule has 6 nitrogen and oxygen atoms in total. The lowest BCUT2D eigenvalue weighted by molar-refractivity contribution is -0.385. The highest BCUT2D eigenvalue weighted by Gasteiger charge is 2.18. The average molecular weight is 250 g/mol. The van der Waals surface area contributed by atoms with Crippen LogP contribution >= 0.6 is 0 Å². The molecule has 0 fully saturated rings. The molecule has 1 rings (SSSR count). The molecule has 1 aromatic rings. The van der Waals surface area contributed by atoms with E-state index in [1.54, 1.807) is 13.0 Å². The summed E-state index contributed by atoms with van der Waals surface area (Å²) in [6.45, 7) is 5.69. The van der Waals surface area contributed by atoms with Crippen LogP contribution in [0.2, 0.25) is 0 Å². The first-order chi connectivity index (χ1) is 8.47. The monoisotopic (exact) mass is 250 g/mol.